The van der Waals surface area contributed by atoms with Crippen LogP contribution in [0.15, 0.2) is 64.4 Å². The van der Waals surface area contributed by atoms with Gasteiger partial charge in [0, 0.05) is 23.9 Å². The molecule has 0 bridgehead atoms. The Balaban J connectivity index is 1.68. The van der Waals surface area contributed by atoms with E-state index in [-0.39, 0.29) is 17.9 Å². The van der Waals surface area contributed by atoms with Gasteiger partial charge in [0.1, 0.15) is 0 Å². The first-order chi connectivity index (χ1) is 13.1. The number of hydrogen-bond acceptors (Lipinski definition) is 5. The zero-order chi connectivity index (χ0) is 18.8. The summed E-state index contributed by atoms with van der Waals surface area (Å²) in [6.07, 6.45) is 0.640. The van der Waals surface area contributed by atoms with Crippen LogP contribution in [0, 0.1) is 0 Å². The van der Waals surface area contributed by atoms with Crippen molar-refractivity contribution in [2.75, 3.05) is 5.32 Å². The predicted molar refractivity (Wildman–Crippen MR) is 109 cm³/mol. The first-order valence-corrected chi connectivity index (χ1v) is 10.2. The summed E-state index contributed by atoms with van der Waals surface area (Å²) in [5.41, 5.74) is 2.47. The molecular weight excluding hydrogens is 378 g/mol. The highest BCUT2D eigenvalue weighted by molar-refractivity contribution is 7.12. The molecule has 3 aromatic rings. The van der Waals surface area contributed by atoms with Gasteiger partial charge in [-0.15, -0.1) is 22.7 Å². The van der Waals surface area contributed by atoms with Crippen LogP contribution in [0.1, 0.15) is 39.5 Å². The summed E-state index contributed by atoms with van der Waals surface area (Å²) in [4.78, 5) is 26.1. The Morgan fingerprint density at radius 3 is 2.63 bits per heavy atom. The normalized spacial score (nSPS) is 16.3. The Kier molecular flexibility index (Phi) is 4.87. The first-order valence-electron chi connectivity index (χ1n) is 8.48. The number of hydrazone groups is 1. The largest absolute Gasteiger partial charge is 0.326 e. The molecule has 7 heteroatoms. The van der Waals surface area contributed by atoms with Gasteiger partial charge in [-0.25, -0.2) is 5.01 Å². The molecule has 0 saturated heterocycles. The summed E-state index contributed by atoms with van der Waals surface area (Å²) in [6, 6.07) is 15.2. The average Bonchev–Trinajstić information content (AvgIpc) is 3.41. The second kappa shape index (κ2) is 7.46. The molecule has 2 aromatic heterocycles. The molecule has 1 aliphatic rings. The van der Waals surface area contributed by atoms with Gasteiger partial charge in [0.15, 0.2) is 0 Å². The molecule has 0 unspecified atom stereocenters. The maximum Gasteiger partial charge on any atom is 0.284 e. The van der Waals surface area contributed by atoms with Crippen LogP contribution < -0.4 is 5.32 Å². The van der Waals surface area contributed by atoms with Crippen LogP contribution in [0.3, 0.4) is 0 Å². The van der Waals surface area contributed by atoms with Crippen LogP contribution in [-0.4, -0.2) is 22.5 Å². The molecule has 5 nitrogen and oxygen atoms in total. The lowest BCUT2D eigenvalue weighted by molar-refractivity contribution is -0.114. The third kappa shape index (κ3) is 3.70. The van der Waals surface area contributed by atoms with Crippen LogP contribution >= 0.6 is 22.7 Å². The zero-order valence-corrected chi connectivity index (χ0v) is 16.2. The standard InChI is InChI=1S/C20H17N3O2S2/c1-13(24)21-15-6-2-5-14(11-15)16-12-17(18-7-3-9-26-18)23(22-16)20(25)19-8-4-10-27-19/h2-11,17H,12H2,1H3,(H,21,24)/t17-/m1/s1. The number of benzene rings is 1. The van der Waals surface area contributed by atoms with E-state index < -0.39 is 0 Å². The van der Waals surface area contributed by atoms with Crippen molar-refractivity contribution >= 4 is 45.9 Å². The number of nitrogens with one attached hydrogen (secondary N) is 1. The fourth-order valence-corrected chi connectivity index (χ4v) is 4.53. The highest BCUT2D eigenvalue weighted by Gasteiger charge is 2.34. The lowest BCUT2D eigenvalue weighted by atomic mass is 10.0. The fraction of sp³-hybridized carbons (Fsp3) is 0.150. The number of amides is 2. The van der Waals surface area contributed by atoms with E-state index in [0.717, 1.165) is 21.8 Å². The van der Waals surface area contributed by atoms with Gasteiger partial charge in [-0.1, -0.05) is 24.3 Å². The molecular formula is C20H17N3O2S2. The molecule has 0 spiro atoms. The van der Waals surface area contributed by atoms with E-state index in [1.165, 1.54) is 18.3 Å². The molecule has 1 N–H and O–H groups in total. The smallest absolute Gasteiger partial charge is 0.284 e. The summed E-state index contributed by atoms with van der Waals surface area (Å²) < 4.78 is 0. The second-order valence-electron chi connectivity index (χ2n) is 6.17. The minimum absolute atomic E-state index is 0.0867. The van der Waals surface area contributed by atoms with E-state index in [2.05, 4.69) is 10.4 Å². The highest BCUT2D eigenvalue weighted by atomic mass is 32.1. The van der Waals surface area contributed by atoms with E-state index in [0.29, 0.717) is 11.3 Å². The third-order valence-corrected chi connectivity index (χ3v) is 6.07. The van der Waals surface area contributed by atoms with Gasteiger partial charge in [-0.2, -0.15) is 5.10 Å². The van der Waals surface area contributed by atoms with Crippen molar-refractivity contribution in [3.8, 4) is 0 Å². The summed E-state index contributed by atoms with van der Waals surface area (Å²) in [6.45, 7) is 1.48. The Morgan fingerprint density at radius 1 is 1.11 bits per heavy atom. The summed E-state index contributed by atoms with van der Waals surface area (Å²) in [5, 5.41) is 13.0. The first kappa shape index (κ1) is 17.6. The van der Waals surface area contributed by atoms with Crippen molar-refractivity contribution in [3.63, 3.8) is 0 Å². The van der Waals surface area contributed by atoms with E-state index in [4.69, 9.17) is 0 Å². The Labute approximate surface area is 165 Å². The molecule has 3 heterocycles. The highest BCUT2D eigenvalue weighted by Crippen LogP contribution is 2.36. The number of anilines is 1. The van der Waals surface area contributed by atoms with Crippen LogP contribution in [-0.2, 0) is 4.79 Å². The summed E-state index contributed by atoms with van der Waals surface area (Å²) in [7, 11) is 0. The van der Waals surface area contributed by atoms with Crippen LogP contribution in [0.25, 0.3) is 0 Å². The maximum absolute atomic E-state index is 13.0. The van der Waals surface area contributed by atoms with Gasteiger partial charge in [-0.3, -0.25) is 9.59 Å². The van der Waals surface area contributed by atoms with E-state index in [1.807, 2.05) is 59.3 Å². The number of rotatable bonds is 4. The number of hydrogen-bond donors (Lipinski definition) is 1. The van der Waals surface area contributed by atoms with Gasteiger partial charge in [0.25, 0.3) is 5.91 Å². The van der Waals surface area contributed by atoms with Crippen LogP contribution in [0.5, 0.6) is 0 Å². The van der Waals surface area contributed by atoms with E-state index >= 15 is 0 Å². The Hall–Kier alpha value is -2.77. The van der Waals surface area contributed by atoms with E-state index in [1.54, 1.807) is 16.3 Å². The molecule has 1 atom stereocenters. The fourth-order valence-electron chi connectivity index (χ4n) is 3.07. The van der Waals surface area contributed by atoms with Gasteiger partial charge in [0.2, 0.25) is 5.91 Å². The van der Waals surface area contributed by atoms with Gasteiger partial charge in [-0.05, 0) is 40.6 Å². The number of nitrogens with zero attached hydrogens (tertiary/aromatic N) is 2. The molecule has 1 aliphatic heterocycles. The molecule has 1 aromatic carbocycles. The van der Waals surface area contributed by atoms with E-state index in [9.17, 15) is 9.59 Å². The predicted octanol–water partition coefficient (Wildman–Crippen LogP) is 4.76. The van der Waals surface area contributed by atoms with Crippen molar-refractivity contribution in [1.82, 2.24) is 5.01 Å². The minimum Gasteiger partial charge on any atom is -0.326 e. The molecule has 136 valence electrons. The third-order valence-electron chi connectivity index (χ3n) is 4.24. The Bertz CT molecular complexity index is 994. The molecule has 4 rings (SSSR count). The second-order valence-corrected chi connectivity index (χ2v) is 8.10. The topological polar surface area (TPSA) is 61.8 Å². The molecule has 0 radical (unpaired) electrons. The van der Waals surface area contributed by atoms with Gasteiger partial charge in [0.05, 0.1) is 16.6 Å². The zero-order valence-electron chi connectivity index (χ0n) is 14.6. The summed E-state index contributed by atoms with van der Waals surface area (Å²) >= 11 is 3.05. The molecule has 27 heavy (non-hydrogen) atoms. The lowest BCUT2D eigenvalue weighted by Gasteiger charge is -2.19. The SMILES string of the molecule is CC(=O)Nc1cccc(C2=NN(C(=O)c3cccs3)[C@@H](c3cccs3)C2)c1. The quantitative estimate of drug-likeness (QED) is 0.692. The monoisotopic (exact) mass is 395 g/mol. The molecule has 2 amide bonds. The Morgan fingerprint density at radius 2 is 1.93 bits per heavy atom. The molecule has 0 saturated carbocycles. The van der Waals surface area contributed by atoms with Crippen molar-refractivity contribution in [1.29, 1.82) is 0 Å². The van der Waals surface area contributed by atoms with Gasteiger partial charge < -0.3 is 5.32 Å². The van der Waals surface area contributed by atoms with Crippen molar-refractivity contribution in [2.24, 2.45) is 5.10 Å². The van der Waals surface area contributed by atoms with Crippen LogP contribution in [0.2, 0.25) is 0 Å². The summed E-state index contributed by atoms with van der Waals surface area (Å²) in [5.74, 6) is -0.206. The maximum atomic E-state index is 13.0. The lowest BCUT2D eigenvalue weighted by Crippen LogP contribution is -2.25. The number of carbonyl (C=O) groups excluding carboxylic acids is 2. The number of carbonyl (C=O) groups is 2. The molecule has 0 fully saturated rings. The van der Waals surface area contributed by atoms with Crippen molar-refractivity contribution in [2.45, 2.75) is 19.4 Å². The molecule has 0 aliphatic carbocycles. The number of thiophene rings is 2. The van der Waals surface area contributed by atoms with Crippen molar-refractivity contribution in [3.05, 3.63) is 74.6 Å². The minimum atomic E-state index is -0.119. The van der Waals surface area contributed by atoms with Crippen molar-refractivity contribution < 1.29 is 9.59 Å². The average molecular weight is 396 g/mol. The van der Waals surface area contributed by atoms with Gasteiger partial charge >= 0.3 is 0 Å². The van der Waals surface area contributed by atoms with Crippen LogP contribution in [0.4, 0.5) is 5.69 Å².